The Morgan fingerprint density at radius 1 is 1.35 bits per heavy atom. The molecule has 1 aromatic carbocycles. The second kappa shape index (κ2) is 4.98. The quantitative estimate of drug-likeness (QED) is 0.812. The van der Waals surface area contributed by atoms with Crippen molar-refractivity contribution < 1.29 is 9.53 Å². The van der Waals surface area contributed by atoms with Gasteiger partial charge < -0.3 is 9.53 Å². The first-order valence-electron chi connectivity index (χ1n) is 6.06. The number of carbonyl (C=O) groups is 1. The molecule has 3 nitrogen and oxygen atoms in total. The molecule has 0 amide bonds. The van der Waals surface area contributed by atoms with Crippen LogP contribution in [-0.2, 0) is 9.53 Å². The minimum absolute atomic E-state index is 0.0335. The van der Waals surface area contributed by atoms with Gasteiger partial charge in [-0.3, -0.25) is 5.32 Å². The summed E-state index contributed by atoms with van der Waals surface area (Å²) in [7, 11) is 0. The Balaban J connectivity index is 2.15. The van der Waals surface area contributed by atoms with Crippen LogP contribution in [0.25, 0.3) is 0 Å². The zero-order chi connectivity index (χ0) is 12.3. The van der Waals surface area contributed by atoms with Gasteiger partial charge in [0, 0.05) is 12.5 Å². The molecule has 2 unspecified atom stereocenters. The topological polar surface area (TPSA) is 38.3 Å². The largest absolute Gasteiger partial charge is 0.352 e. The van der Waals surface area contributed by atoms with Crippen LogP contribution in [0.2, 0.25) is 0 Å². The molecule has 92 valence electrons. The summed E-state index contributed by atoms with van der Waals surface area (Å²) >= 11 is 0. The highest BCUT2D eigenvalue weighted by atomic mass is 16.5. The van der Waals surface area contributed by atoms with Crippen molar-refractivity contribution in [1.82, 2.24) is 5.32 Å². The van der Waals surface area contributed by atoms with Crippen molar-refractivity contribution in [3.05, 3.63) is 35.9 Å². The van der Waals surface area contributed by atoms with E-state index >= 15 is 0 Å². The van der Waals surface area contributed by atoms with E-state index in [4.69, 9.17) is 4.74 Å². The van der Waals surface area contributed by atoms with Gasteiger partial charge in [-0.1, -0.05) is 30.3 Å². The van der Waals surface area contributed by atoms with Crippen molar-refractivity contribution in [2.45, 2.75) is 44.6 Å². The standard InChI is InChI=1S/C14H19NO2/c1-14(2)15-12(9-6-10-16)13(17-14)11-7-4-3-5-8-11/h3-5,7-8,10,12-13,15H,6,9H2,1-2H3. The number of carbonyl (C=O) groups excluding carboxylic acids is 1. The molecule has 0 bridgehead atoms. The molecule has 0 saturated carbocycles. The van der Waals surface area contributed by atoms with E-state index in [1.165, 1.54) is 5.56 Å². The zero-order valence-corrected chi connectivity index (χ0v) is 10.3. The van der Waals surface area contributed by atoms with Crippen LogP contribution >= 0.6 is 0 Å². The summed E-state index contributed by atoms with van der Waals surface area (Å²) < 4.78 is 6.02. The average molecular weight is 233 g/mol. The normalized spacial score (nSPS) is 26.9. The van der Waals surface area contributed by atoms with Gasteiger partial charge in [0.2, 0.25) is 0 Å². The monoisotopic (exact) mass is 233 g/mol. The number of ether oxygens (including phenoxy) is 1. The van der Waals surface area contributed by atoms with Gasteiger partial charge in [-0.25, -0.2) is 0 Å². The summed E-state index contributed by atoms with van der Waals surface area (Å²) in [5.41, 5.74) is 0.843. The molecule has 1 aliphatic rings. The Bertz CT molecular complexity index is 375. The molecule has 17 heavy (non-hydrogen) atoms. The molecule has 1 aliphatic heterocycles. The SMILES string of the molecule is CC1(C)NC(CCC=O)C(c2ccccc2)O1. The fourth-order valence-electron chi connectivity index (χ4n) is 2.37. The second-order valence-electron chi connectivity index (χ2n) is 4.95. The second-order valence-corrected chi connectivity index (χ2v) is 4.95. The highest BCUT2D eigenvalue weighted by Crippen LogP contribution is 2.34. The fourth-order valence-corrected chi connectivity index (χ4v) is 2.37. The molecule has 2 atom stereocenters. The minimum atomic E-state index is -0.325. The summed E-state index contributed by atoms with van der Waals surface area (Å²) in [6.07, 6.45) is 2.38. The first-order valence-corrected chi connectivity index (χ1v) is 6.06. The van der Waals surface area contributed by atoms with Gasteiger partial charge in [0.05, 0.1) is 0 Å². The molecule has 1 heterocycles. The van der Waals surface area contributed by atoms with Crippen LogP contribution in [0, 0.1) is 0 Å². The maximum absolute atomic E-state index is 10.5. The van der Waals surface area contributed by atoms with Crippen LogP contribution in [0.15, 0.2) is 30.3 Å². The third kappa shape index (κ3) is 2.93. The van der Waals surface area contributed by atoms with Gasteiger partial charge in [0.1, 0.15) is 18.1 Å². The lowest BCUT2D eigenvalue weighted by molar-refractivity contribution is -0.108. The Labute approximate surface area is 102 Å². The Morgan fingerprint density at radius 3 is 2.71 bits per heavy atom. The van der Waals surface area contributed by atoms with Crippen molar-refractivity contribution in [1.29, 1.82) is 0 Å². The number of benzene rings is 1. The number of hydrogen-bond acceptors (Lipinski definition) is 3. The van der Waals surface area contributed by atoms with Crippen molar-refractivity contribution in [2.75, 3.05) is 0 Å². The molecular formula is C14H19NO2. The molecule has 2 rings (SSSR count). The molecule has 0 aromatic heterocycles. The minimum Gasteiger partial charge on any atom is -0.352 e. The zero-order valence-electron chi connectivity index (χ0n) is 10.3. The predicted molar refractivity (Wildman–Crippen MR) is 66.6 cm³/mol. The van der Waals surface area contributed by atoms with E-state index in [1.807, 2.05) is 32.0 Å². The molecule has 0 spiro atoms. The molecule has 1 N–H and O–H groups in total. The molecule has 0 aliphatic carbocycles. The van der Waals surface area contributed by atoms with Crippen LogP contribution in [0.1, 0.15) is 38.4 Å². The number of hydrogen-bond donors (Lipinski definition) is 1. The first kappa shape index (κ1) is 12.3. The molecule has 1 saturated heterocycles. The van der Waals surface area contributed by atoms with Gasteiger partial charge in [-0.15, -0.1) is 0 Å². The van der Waals surface area contributed by atoms with Crippen LogP contribution in [0.4, 0.5) is 0 Å². The first-order chi connectivity index (χ1) is 8.12. The van der Waals surface area contributed by atoms with Crippen LogP contribution in [0.5, 0.6) is 0 Å². The molecule has 0 radical (unpaired) electrons. The average Bonchev–Trinajstić information content (AvgIpc) is 2.63. The van der Waals surface area contributed by atoms with E-state index < -0.39 is 0 Å². The molecule has 1 fully saturated rings. The van der Waals surface area contributed by atoms with Crippen LogP contribution in [-0.4, -0.2) is 18.1 Å². The van der Waals surface area contributed by atoms with E-state index in [2.05, 4.69) is 17.4 Å². The third-order valence-corrected chi connectivity index (χ3v) is 3.04. The maximum Gasteiger partial charge on any atom is 0.120 e. The van der Waals surface area contributed by atoms with Gasteiger partial charge in [-0.05, 0) is 25.8 Å². The van der Waals surface area contributed by atoms with Crippen molar-refractivity contribution in [3.8, 4) is 0 Å². The van der Waals surface area contributed by atoms with E-state index in [0.29, 0.717) is 6.42 Å². The lowest BCUT2D eigenvalue weighted by Gasteiger charge is -2.18. The van der Waals surface area contributed by atoms with E-state index in [9.17, 15) is 4.79 Å². The summed E-state index contributed by atoms with van der Waals surface area (Å²) in [5.74, 6) is 0. The molecule has 3 heteroatoms. The lowest BCUT2D eigenvalue weighted by atomic mass is 9.99. The van der Waals surface area contributed by atoms with E-state index in [0.717, 1.165) is 12.7 Å². The predicted octanol–water partition coefficient (Wildman–Crippen LogP) is 2.43. The van der Waals surface area contributed by atoms with Crippen molar-refractivity contribution >= 4 is 6.29 Å². The van der Waals surface area contributed by atoms with Gasteiger partial charge >= 0.3 is 0 Å². The Hall–Kier alpha value is -1.19. The van der Waals surface area contributed by atoms with E-state index in [-0.39, 0.29) is 17.9 Å². The van der Waals surface area contributed by atoms with Gasteiger partial charge in [-0.2, -0.15) is 0 Å². The highest BCUT2D eigenvalue weighted by molar-refractivity contribution is 5.49. The van der Waals surface area contributed by atoms with E-state index in [1.54, 1.807) is 0 Å². The Kier molecular flexibility index (Phi) is 3.60. The van der Waals surface area contributed by atoms with Crippen molar-refractivity contribution in [3.63, 3.8) is 0 Å². The smallest absolute Gasteiger partial charge is 0.120 e. The summed E-state index contributed by atoms with van der Waals surface area (Å²) in [6, 6.07) is 10.4. The summed E-state index contributed by atoms with van der Waals surface area (Å²) in [6.45, 7) is 4.04. The van der Waals surface area contributed by atoms with Crippen LogP contribution < -0.4 is 5.32 Å². The summed E-state index contributed by atoms with van der Waals surface area (Å²) in [4.78, 5) is 10.5. The lowest BCUT2D eigenvalue weighted by Crippen LogP contribution is -2.38. The fraction of sp³-hybridized carbons (Fsp3) is 0.500. The maximum atomic E-state index is 10.5. The Morgan fingerprint density at radius 2 is 2.06 bits per heavy atom. The summed E-state index contributed by atoms with van der Waals surface area (Å²) in [5, 5.41) is 3.43. The van der Waals surface area contributed by atoms with Crippen LogP contribution in [0.3, 0.4) is 0 Å². The van der Waals surface area contributed by atoms with Gasteiger partial charge in [0.15, 0.2) is 0 Å². The van der Waals surface area contributed by atoms with Crippen molar-refractivity contribution in [2.24, 2.45) is 0 Å². The third-order valence-electron chi connectivity index (χ3n) is 3.04. The molecular weight excluding hydrogens is 214 g/mol. The van der Waals surface area contributed by atoms with Gasteiger partial charge in [0.25, 0.3) is 0 Å². The highest BCUT2D eigenvalue weighted by Gasteiger charge is 2.39. The number of aldehydes is 1. The molecule has 1 aromatic rings. The number of rotatable bonds is 4. The number of nitrogens with one attached hydrogen (secondary N) is 1.